The molecule has 0 spiro atoms. The fourth-order valence-corrected chi connectivity index (χ4v) is 2.63. The van der Waals surface area contributed by atoms with Crippen molar-refractivity contribution in [3.8, 4) is 0 Å². The standard InChI is InChI=1S/C14H17ClN4S/c1-2-3-11-8-13(19-16)18-14(17-11)9-20-12-6-4-10(15)5-7-12/h4-8H,2-3,9,16H2,1H3,(H,17,18,19). The normalized spacial score (nSPS) is 10.6. The van der Waals surface area contributed by atoms with Crippen LogP contribution in [0, 0.1) is 0 Å². The largest absolute Gasteiger partial charge is 0.308 e. The molecule has 1 aromatic heterocycles. The van der Waals surface area contributed by atoms with Crippen molar-refractivity contribution in [3.05, 3.63) is 46.9 Å². The smallest absolute Gasteiger partial charge is 0.143 e. The summed E-state index contributed by atoms with van der Waals surface area (Å²) in [7, 11) is 0. The average molecular weight is 309 g/mol. The van der Waals surface area contributed by atoms with Crippen LogP contribution in [0.1, 0.15) is 24.9 Å². The summed E-state index contributed by atoms with van der Waals surface area (Å²) in [4.78, 5) is 10.1. The monoisotopic (exact) mass is 308 g/mol. The van der Waals surface area contributed by atoms with E-state index in [0.717, 1.165) is 34.3 Å². The van der Waals surface area contributed by atoms with Gasteiger partial charge in [0, 0.05) is 21.7 Å². The van der Waals surface area contributed by atoms with Gasteiger partial charge in [-0.3, -0.25) is 0 Å². The lowest BCUT2D eigenvalue weighted by atomic mass is 10.2. The lowest BCUT2D eigenvalue weighted by molar-refractivity contribution is 0.854. The maximum absolute atomic E-state index is 5.87. The topological polar surface area (TPSA) is 63.8 Å². The van der Waals surface area contributed by atoms with Crippen LogP contribution < -0.4 is 11.3 Å². The molecule has 0 unspecified atom stereocenters. The maximum Gasteiger partial charge on any atom is 0.143 e. The molecular weight excluding hydrogens is 292 g/mol. The zero-order valence-corrected chi connectivity index (χ0v) is 12.8. The predicted molar refractivity (Wildman–Crippen MR) is 84.9 cm³/mol. The molecule has 0 saturated heterocycles. The predicted octanol–water partition coefficient (Wildman–Crippen LogP) is 3.66. The Kier molecular flexibility index (Phi) is 5.64. The first kappa shape index (κ1) is 15.1. The van der Waals surface area contributed by atoms with E-state index in [1.54, 1.807) is 11.8 Å². The highest BCUT2D eigenvalue weighted by atomic mass is 35.5. The van der Waals surface area contributed by atoms with Gasteiger partial charge in [0.15, 0.2) is 0 Å². The first-order valence-electron chi connectivity index (χ1n) is 6.43. The van der Waals surface area contributed by atoms with Gasteiger partial charge in [-0.15, -0.1) is 11.8 Å². The van der Waals surface area contributed by atoms with E-state index in [2.05, 4.69) is 22.3 Å². The number of thioether (sulfide) groups is 1. The van der Waals surface area contributed by atoms with Crippen LogP contribution in [0.3, 0.4) is 0 Å². The molecule has 0 amide bonds. The second-order valence-electron chi connectivity index (χ2n) is 4.30. The Hall–Kier alpha value is -1.30. The summed E-state index contributed by atoms with van der Waals surface area (Å²) in [5.41, 5.74) is 3.61. The molecule has 2 rings (SSSR count). The molecule has 1 heterocycles. The van der Waals surface area contributed by atoms with Crippen LogP contribution in [0.25, 0.3) is 0 Å². The molecule has 0 radical (unpaired) electrons. The third-order valence-electron chi connectivity index (χ3n) is 2.66. The van der Waals surface area contributed by atoms with Gasteiger partial charge in [0.2, 0.25) is 0 Å². The minimum Gasteiger partial charge on any atom is -0.308 e. The van der Waals surface area contributed by atoms with Crippen LogP contribution in [-0.2, 0) is 12.2 Å². The minimum atomic E-state index is 0.662. The molecule has 0 aliphatic heterocycles. The van der Waals surface area contributed by atoms with Gasteiger partial charge in [-0.25, -0.2) is 15.8 Å². The Morgan fingerprint density at radius 3 is 2.65 bits per heavy atom. The fourth-order valence-electron chi connectivity index (χ4n) is 1.75. The van der Waals surface area contributed by atoms with Gasteiger partial charge in [0.05, 0.1) is 5.75 Å². The van der Waals surface area contributed by atoms with Crippen LogP contribution in [0.5, 0.6) is 0 Å². The van der Waals surface area contributed by atoms with Crippen LogP contribution in [-0.4, -0.2) is 9.97 Å². The van der Waals surface area contributed by atoms with Crippen molar-refractivity contribution in [1.82, 2.24) is 9.97 Å². The second kappa shape index (κ2) is 7.47. The lowest BCUT2D eigenvalue weighted by Gasteiger charge is -2.07. The van der Waals surface area contributed by atoms with Gasteiger partial charge in [0.25, 0.3) is 0 Å². The third-order valence-corrected chi connectivity index (χ3v) is 3.92. The number of hydrogen-bond acceptors (Lipinski definition) is 5. The van der Waals surface area contributed by atoms with E-state index in [0.29, 0.717) is 11.6 Å². The molecule has 2 aromatic rings. The van der Waals surface area contributed by atoms with Crippen LogP contribution in [0.4, 0.5) is 5.82 Å². The van der Waals surface area contributed by atoms with E-state index in [4.69, 9.17) is 17.4 Å². The van der Waals surface area contributed by atoms with E-state index in [1.165, 1.54) is 0 Å². The number of aryl methyl sites for hydroxylation is 1. The van der Waals surface area contributed by atoms with Gasteiger partial charge >= 0.3 is 0 Å². The molecule has 6 heteroatoms. The zero-order chi connectivity index (χ0) is 14.4. The summed E-state index contributed by atoms with van der Waals surface area (Å²) in [5, 5.41) is 0.741. The highest BCUT2D eigenvalue weighted by molar-refractivity contribution is 7.98. The number of halogens is 1. The Bertz CT molecular complexity index is 560. The molecule has 0 saturated carbocycles. The van der Waals surface area contributed by atoms with E-state index in [1.807, 2.05) is 30.3 Å². The van der Waals surface area contributed by atoms with Crippen molar-refractivity contribution in [3.63, 3.8) is 0 Å². The molecule has 3 N–H and O–H groups in total. The highest BCUT2D eigenvalue weighted by Crippen LogP contribution is 2.23. The van der Waals surface area contributed by atoms with E-state index in [-0.39, 0.29) is 0 Å². The molecule has 0 aliphatic carbocycles. The summed E-state index contributed by atoms with van der Waals surface area (Å²) in [6.45, 7) is 2.12. The molecule has 0 bridgehead atoms. The molecule has 106 valence electrons. The minimum absolute atomic E-state index is 0.662. The first-order chi connectivity index (χ1) is 9.71. The molecule has 0 aliphatic rings. The van der Waals surface area contributed by atoms with Crippen molar-refractivity contribution in [2.24, 2.45) is 5.84 Å². The van der Waals surface area contributed by atoms with Gasteiger partial charge in [-0.1, -0.05) is 24.9 Å². The van der Waals surface area contributed by atoms with Crippen molar-refractivity contribution in [1.29, 1.82) is 0 Å². The Morgan fingerprint density at radius 1 is 1.25 bits per heavy atom. The van der Waals surface area contributed by atoms with Crippen molar-refractivity contribution < 1.29 is 0 Å². The fraction of sp³-hybridized carbons (Fsp3) is 0.286. The van der Waals surface area contributed by atoms with Crippen molar-refractivity contribution >= 4 is 29.2 Å². The first-order valence-corrected chi connectivity index (χ1v) is 7.79. The van der Waals surface area contributed by atoms with Gasteiger partial charge in [0.1, 0.15) is 11.6 Å². The number of hydrazine groups is 1. The number of rotatable bonds is 6. The molecule has 0 atom stereocenters. The summed E-state index contributed by atoms with van der Waals surface area (Å²) in [6.07, 6.45) is 1.97. The number of anilines is 1. The van der Waals surface area contributed by atoms with Gasteiger partial charge < -0.3 is 5.43 Å². The zero-order valence-electron chi connectivity index (χ0n) is 11.3. The third kappa shape index (κ3) is 4.37. The van der Waals surface area contributed by atoms with Crippen LogP contribution in [0.2, 0.25) is 5.02 Å². The molecule has 4 nitrogen and oxygen atoms in total. The van der Waals surface area contributed by atoms with Crippen LogP contribution in [0.15, 0.2) is 35.2 Å². The average Bonchev–Trinajstić information content (AvgIpc) is 2.47. The number of aromatic nitrogens is 2. The number of nitrogens with two attached hydrogens (primary N) is 1. The number of nitrogens with one attached hydrogen (secondary N) is 1. The Morgan fingerprint density at radius 2 is 2.00 bits per heavy atom. The Labute approximate surface area is 128 Å². The van der Waals surface area contributed by atoms with Crippen molar-refractivity contribution in [2.45, 2.75) is 30.4 Å². The molecule has 20 heavy (non-hydrogen) atoms. The van der Waals surface area contributed by atoms with E-state index in [9.17, 15) is 0 Å². The summed E-state index contributed by atoms with van der Waals surface area (Å²) < 4.78 is 0. The highest BCUT2D eigenvalue weighted by Gasteiger charge is 2.05. The summed E-state index contributed by atoms with van der Waals surface area (Å²) >= 11 is 7.54. The number of nitrogen functional groups attached to an aromatic ring is 1. The van der Waals surface area contributed by atoms with E-state index < -0.39 is 0 Å². The van der Waals surface area contributed by atoms with Gasteiger partial charge in [-0.2, -0.15) is 0 Å². The molecule has 1 aromatic carbocycles. The quantitative estimate of drug-likeness (QED) is 0.484. The lowest BCUT2D eigenvalue weighted by Crippen LogP contribution is -2.11. The van der Waals surface area contributed by atoms with Crippen molar-refractivity contribution in [2.75, 3.05) is 5.43 Å². The number of hydrogen-bond donors (Lipinski definition) is 2. The molecular formula is C14H17ClN4S. The SMILES string of the molecule is CCCc1cc(NN)nc(CSc2ccc(Cl)cc2)n1. The second-order valence-corrected chi connectivity index (χ2v) is 5.78. The summed E-state index contributed by atoms with van der Waals surface area (Å²) in [5.74, 6) is 7.59. The van der Waals surface area contributed by atoms with Gasteiger partial charge in [-0.05, 0) is 30.7 Å². The van der Waals surface area contributed by atoms with E-state index >= 15 is 0 Å². The Balaban J connectivity index is 2.07. The summed E-state index contributed by atoms with van der Waals surface area (Å²) in [6, 6.07) is 9.63. The number of benzene rings is 1. The molecule has 0 fully saturated rings. The van der Waals surface area contributed by atoms with Crippen LogP contribution >= 0.6 is 23.4 Å². The number of nitrogens with zero attached hydrogens (tertiary/aromatic N) is 2. The maximum atomic E-state index is 5.87.